The molecule has 0 aliphatic carbocycles. The van der Waals surface area contributed by atoms with Crippen LogP contribution in [0.4, 0.5) is 0 Å². The molecular formula is C10H18N2OS. The first-order valence-corrected chi connectivity index (χ1v) is 5.71. The topological polar surface area (TPSA) is 59.1 Å². The SMILES string of the molecule is CCC(C)(CN)C(O)c1nc(C)cs1. The van der Waals surface area contributed by atoms with Crippen molar-refractivity contribution in [2.45, 2.75) is 33.3 Å². The molecule has 0 bridgehead atoms. The Bertz CT molecular complexity index is 294. The van der Waals surface area contributed by atoms with E-state index in [9.17, 15) is 5.11 Å². The molecule has 14 heavy (non-hydrogen) atoms. The highest BCUT2D eigenvalue weighted by Gasteiger charge is 2.32. The van der Waals surface area contributed by atoms with Gasteiger partial charge in [0.2, 0.25) is 0 Å². The van der Waals surface area contributed by atoms with Crippen LogP contribution in [-0.4, -0.2) is 16.6 Å². The molecule has 1 rings (SSSR count). The zero-order valence-electron chi connectivity index (χ0n) is 8.95. The molecule has 0 aromatic carbocycles. The van der Waals surface area contributed by atoms with Crippen LogP contribution >= 0.6 is 11.3 Å². The highest BCUT2D eigenvalue weighted by molar-refractivity contribution is 7.09. The minimum Gasteiger partial charge on any atom is -0.385 e. The second-order valence-corrected chi connectivity index (χ2v) is 4.83. The summed E-state index contributed by atoms with van der Waals surface area (Å²) in [5, 5.41) is 12.8. The second kappa shape index (κ2) is 4.38. The van der Waals surface area contributed by atoms with Crippen molar-refractivity contribution in [3.63, 3.8) is 0 Å². The minimum atomic E-state index is -0.545. The maximum absolute atomic E-state index is 10.1. The van der Waals surface area contributed by atoms with E-state index in [-0.39, 0.29) is 5.41 Å². The van der Waals surface area contributed by atoms with Crippen molar-refractivity contribution in [3.8, 4) is 0 Å². The van der Waals surface area contributed by atoms with E-state index in [0.29, 0.717) is 6.54 Å². The van der Waals surface area contributed by atoms with Crippen molar-refractivity contribution in [1.82, 2.24) is 4.98 Å². The standard InChI is InChI=1S/C10H18N2OS/c1-4-10(3,6-11)8(13)9-12-7(2)5-14-9/h5,8,13H,4,6,11H2,1-3H3. The predicted octanol–water partition coefficient (Wildman–Crippen LogP) is 1.86. The zero-order chi connectivity index (χ0) is 10.8. The van der Waals surface area contributed by atoms with E-state index in [2.05, 4.69) is 4.98 Å². The van der Waals surface area contributed by atoms with Gasteiger partial charge in [-0.1, -0.05) is 13.8 Å². The lowest BCUT2D eigenvalue weighted by molar-refractivity contribution is 0.0389. The zero-order valence-corrected chi connectivity index (χ0v) is 9.77. The molecule has 3 N–H and O–H groups in total. The molecule has 0 spiro atoms. The van der Waals surface area contributed by atoms with Crippen LogP contribution < -0.4 is 5.73 Å². The Morgan fingerprint density at radius 2 is 2.36 bits per heavy atom. The minimum absolute atomic E-state index is 0.260. The largest absolute Gasteiger partial charge is 0.385 e. The lowest BCUT2D eigenvalue weighted by atomic mass is 9.82. The average molecular weight is 214 g/mol. The number of aromatic nitrogens is 1. The highest BCUT2D eigenvalue weighted by Crippen LogP contribution is 2.36. The molecule has 1 aromatic heterocycles. The van der Waals surface area contributed by atoms with Crippen molar-refractivity contribution in [2.75, 3.05) is 6.54 Å². The van der Waals surface area contributed by atoms with E-state index in [1.165, 1.54) is 11.3 Å². The van der Waals surface area contributed by atoms with Crippen molar-refractivity contribution < 1.29 is 5.11 Å². The molecule has 0 aliphatic heterocycles. The van der Waals surface area contributed by atoms with Crippen LogP contribution in [-0.2, 0) is 0 Å². The molecule has 2 atom stereocenters. The molecule has 4 heteroatoms. The van der Waals surface area contributed by atoms with Gasteiger partial charge in [-0.25, -0.2) is 4.98 Å². The monoisotopic (exact) mass is 214 g/mol. The molecule has 3 nitrogen and oxygen atoms in total. The smallest absolute Gasteiger partial charge is 0.122 e. The van der Waals surface area contributed by atoms with Crippen LogP contribution in [0.3, 0.4) is 0 Å². The lowest BCUT2D eigenvalue weighted by Gasteiger charge is -2.30. The van der Waals surface area contributed by atoms with Crippen molar-refractivity contribution >= 4 is 11.3 Å². The number of aliphatic hydroxyl groups excluding tert-OH is 1. The molecule has 0 saturated heterocycles. The number of hydrogen-bond donors (Lipinski definition) is 2. The lowest BCUT2D eigenvalue weighted by Crippen LogP contribution is -2.33. The molecule has 0 amide bonds. The van der Waals surface area contributed by atoms with Gasteiger partial charge in [-0.2, -0.15) is 0 Å². The van der Waals surface area contributed by atoms with Gasteiger partial charge in [0.1, 0.15) is 11.1 Å². The van der Waals surface area contributed by atoms with Gasteiger partial charge in [0.05, 0.1) is 0 Å². The van der Waals surface area contributed by atoms with E-state index < -0.39 is 6.10 Å². The van der Waals surface area contributed by atoms with Crippen LogP contribution in [0.25, 0.3) is 0 Å². The van der Waals surface area contributed by atoms with Gasteiger partial charge >= 0.3 is 0 Å². The Kier molecular flexibility index (Phi) is 3.64. The number of rotatable bonds is 4. The fourth-order valence-electron chi connectivity index (χ4n) is 1.25. The van der Waals surface area contributed by atoms with Gasteiger partial charge in [-0.3, -0.25) is 0 Å². The summed E-state index contributed by atoms with van der Waals surface area (Å²) in [7, 11) is 0. The second-order valence-electron chi connectivity index (χ2n) is 3.94. The maximum Gasteiger partial charge on any atom is 0.122 e. The first-order valence-electron chi connectivity index (χ1n) is 4.83. The maximum atomic E-state index is 10.1. The molecule has 1 aromatic rings. The van der Waals surface area contributed by atoms with Gasteiger partial charge in [0.15, 0.2) is 0 Å². The Labute approximate surface area is 89.0 Å². The molecule has 0 fully saturated rings. The normalized spacial score (nSPS) is 17.8. The first-order chi connectivity index (χ1) is 6.53. The van der Waals surface area contributed by atoms with Gasteiger partial charge < -0.3 is 10.8 Å². The summed E-state index contributed by atoms with van der Waals surface area (Å²) in [5.41, 5.74) is 6.38. The van der Waals surface area contributed by atoms with Crippen LogP contribution in [0, 0.1) is 12.3 Å². The number of aryl methyl sites for hydroxylation is 1. The van der Waals surface area contributed by atoms with E-state index >= 15 is 0 Å². The third kappa shape index (κ3) is 2.13. The van der Waals surface area contributed by atoms with Gasteiger partial charge in [0, 0.05) is 23.0 Å². The summed E-state index contributed by atoms with van der Waals surface area (Å²) < 4.78 is 0. The van der Waals surface area contributed by atoms with Gasteiger partial charge in [0.25, 0.3) is 0 Å². The molecule has 0 radical (unpaired) electrons. The molecule has 2 unspecified atom stereocenters. The summed E-state index contributed by atoms with van der Waals surface area (Å²) in [4.78, 5) is 4.29. The van der Waals surface area contributed by atoms with Crippen molar-refractivity contribution in [2.24, 2.45) is 11.1 Å². The Balaban J connectivity index is 2.88. The van der Waals surface area contributed by atoms with Gasteiger partial charge in [-0.15, -0.1) is 11.3 Å². The van der Waals surface area contributed by atoms with E-state index in [0.717, 1.165) is 17.1 Å². The Morgan fingerprint density at radius 1 is 1.71 bits per heavy atom. The summed E-state index contributed by atoms with van der Waals surface area (Å²) >= 11 is 1.50. The number of aliphatic hydroxyl groups is 1. The third-order valence-corrected chi connectivity index (χ3v) is 3.82. The molecule has 0 saturated carbocycles. The fraction of sp³-hybridized carbons (Fsp3) is 0.700. The molecule has 0 aliphatic rings. The van der Waals surface area contributed by atoms with Crippen LogP contribution in [0.5, 0.6) is 0 Å². The molecular weight excluding hydrogens is 196 g/mol. The Hall–Kier alpha value is -0.450. The summed E-state index contributed by atoms with van der Waals surface area (Å²) in [6.45, 7) is 6.44. The quantitative estimate of drug-likeness (QED) is 0.804. The molecule has 1 heterocycles. The van der Waals surface area contributed by atoms with Crippen molar-refractivity contribution in [1.29, 1.82) is 0 Å². The first kappa shape index (κ1) is 11.6. The number of thiazole rings is 1. The Morgan fingerprint density at radius 3 is 2.71 bits per heavy atom. The fourth-order valence-corrected chi connectivity index (χ4v) is 2.20. The third-order valence-electron chi connectivity index (χ3n) is 2.80. The average Bonchev–Trinajstić information content (AvgIpc) is 2.62. The van der Waals surface area contributed by atoms with E-state index in [1.54, 1.807) is 0 Å². The van der Waals surface area contributed by atoms with Gasteiger partial charge in [-0.05, 0) is 13.3 Å². The summed E-state index contributed by atoms with van der Waals surface area (Å²) in [6.07, 6.45) is 0.305. The van der Waals surface area contributed by atoms with Crippen LogP contribution in [0.1, 0.15) is 37.1 Å². The predicted molar refractivity (Wildman–Crippen MR) is 59.3 cm³/mol. The number of nitrogens with two attached hydrogens (primary N) is 1. The number of hydrogen-bond acceptors (Lipinski definition) is 4. The summed E-state index contributed by atoms with van der Waals surface area (Å²) in [6, 6.07) is 0. The summed E-state index contributed by atoms with van der Waals surface area (Å²) in [5.74, 6) is 0. The molecule has 80 valence electrons. The van der Waals surface area contributed by atoms with Crippen LogP contribution in [0.15, 0.2) is 5.38 Å². The van der Waals surface area contributed by atoms with E-state index in [1.807, 2.05) is 26.2 Å². The number of nitrogens with zero attached hydrogens (tertiary/aromatic N) is 1. The van der Waals surface area contributed by atoms with Crippen molar-refractivity contribution in [3.05, 3.63) is 16.1 Å². The highest BCUT2D eigenvalue weighted by atomic mass is 32.1. The van der Waals surface area contributed by atoms with E-state index in [4.69, 9.17) is 5.73 Å². The van der Waals surface area contributed by atoms with Crippen LogP contribution in [0.2, 0.25) is 0 Å².